The molecule has 4 nitrogen and oxygen atoms in total. The van der Waals surface area contributed by atoms with Crippen molar-refractivity contribution in [1.29, 1.82) is 0 Å². The van der Waals surface area contributed by atoms with Gasteiger partial charge in [-0.1, -0.05) is 12.1 Å². The molecule has 1 aromatic carbocycles. The lowest BCUT2D eigenvalue weighted by Gasteiger charge is -2.32. The van der Waals surface area contributed by atoms with Crippen LogP contribution in [0.25, 0.3) is 0 Å². The Labute approximate surface area is 140 Å². The maximum absolute atomic E-state index is 12.2. The standard InChI is InChI=1S/C19H30N2O2/c1-16-6-5-7-18(14-16)23-13-4-3-8-19(22)21-11-9-17(10-12-21)15-20-2/h5-7,14,17,20H,3-4,8-13,15H2,1-2H3. The zero-order valence-corrected chi connectivity index (χ0v) is 14.5. The third-order valence-corrected chi connectivity index (χ3v) is 4.50. The molecule has 0 unspecified atom stereocenters. The molecule has 23 heavy (non-hydrogen) atoms. The third-order valence-electron chi connectivity index (χ3n) is 4.50. The molecule has 1 fully saturated rings. The first kappa shape index (κ1) is 17.8. The fourth-order valence-corrected chi connectivity index (χ4v) is 3.11. The molecule has 0 saturated carbocycles. The van der Waals surface area contributed by atoms with Crippen LogP contribution in [0.4, 0.5) is 0 Å². The fraction of sp³-hybridized carbons (Fsp3) is 0.632. The van der Waals surface area contributed by atoms with Gasteiger partial charge in [0.2, 0.25) is 5.91 Å². The van der Waals surface area contributed by atoms with E-state index in [-0.39, 0.29) is 0 Å². The van der Waals surface area contributed by atoms with Gasteiger partial charge in [0.15, 0.2) is 0 Å². The highest BCUT2D eigenvalue weighted by atomic mass is 16.5. The van der Waals surface area contributed by atoms with Crippen molar-refractivity contribution in [2.45, 2.75) is 39.0 Å². The van der Waals surface area contributed by atoms with Gasteiger partial charge in [-0.2, -0.15) is 0 Å². The van der Waals surface area contributed by atoms with Crippen LogP contribution in [-0.2, 0) is 4.79 Å². The third kappa shape index (κ3) is 6.22. The molecule has 0 radical (unpaired) electrons. The quantitative estimate of drug-likeness (QED) is 0.749. The highest BCUT2D eigenvalue weighted by Crippen LogP contribution is 2.18. The predicted octanol–water partition coefficient (Wildman–Crippen LogP) is 3.00. The average Bonchev–Trinajstić information content (AvgIpc) is 2.55. The van der Waals surface area contributed by atoms with E-state index in [0.29, 0.717) is 18.9 Å². The Morgan fingerprint density at radius 2 is 2.09 bits per heavy atom. The van der Waals surface area contributed by atoms with Gasteiger partial charge in [-0.3, -0.25) is 4.79 Å². The lowest BCUT2D eigenvalue weighted by molar-refractivity contribution is -0.132. The molecule has 0 atom stereocenters. The molecule has 0 aromatic heterocycles. The van der Waals surface area contributed by atoms with Gasteiger partial charge in [0.1, 0.15) is 5.75 Å². The molecule has 1 heterocycles. The summed E-state index contributed by atoms with van der Waals surface area (Å²) in [5, 5.41) is 3.23. The number of aryl methyl sites for hydroxylation is 1. The second-order valence-electron chi connectivity index (χ2n) is 6.50. The first-order valence-corrected chi connectivity index (χ1v) is 8.81. The Balaban J connectivity index is 1.57. The molecule has 2 rings (SSSR count). The number of nitrogens with zero attached hydrogens (tertiary/aromatic N) is 1. The van der Waals surface area contributed by atoms with Crippen LogP contribution >= 0.6 is 0 Å². The largest absolute Gasteiger partial charge is 0.494 e. The van der Waals surface area contributed by atoms with Crippen molar-refractivity contribution in [3.05, 3.63) is 29.8 Å². The van der Waals surface area contributed by atoms with Gasteiger partial charge < -0.3 is 15.0 Å². The number of nitrogens with one attached hydrogen (secondary N) is 1. The van der Waals surface area contributed by atoms with Gasteiger partial charge in [0, 0.05) is 19.5 Å². The summed E-state index contributed by atoms with van der Waals surface area (Å²) >= 11 is 0. The maximum Gasteiger partial charge on any atom is 0.222 e. The van der Waals surface area contributed by atoms with E-state index in [9.17, 15) is 4.79 Å². The number of hydrogen-bond acceptors (Lipinski definition) is 3. The minimum Gasteiger partial charge on any atom is -0.494 e. The van der Waals surface area contributed by atoms with Gasteiger partial charge in [-0.25, -0.2) is 0 Å². The van der Waals surface area contributed by atoms with E-state index in [0.717, 1.165) is 57.0 Å². The van der Waals surface area contributed by atoms with E-state index in [1.54, 1.807) is 0 Å². The lowest BCUT2D eigenvalue weighted by Crippen LogP contribution is -2.40. The first-order valence-electron chi connectivity index (χ1n) is 8.81. The number of likely N-dealkylation sites (tertiary alicyclic amines) is 1. The molecule has 128 valence electrons. The Bertz CT molecular complexity index is 482. The van der Waals surface area contributed by atoms with Crippen molar-refractivity contribution in [1.82, 2.24) is 10.2 Å². The van der Waals surface area contributed by atoms with Crippen molar-refractivity contribution in [2.75, 3.05) is 33.3 Å². The van der Waals surface area contributed by atoms with Gasteiger partial charge in [0.25, 0.3) is 0 Å². The molecule has 4 heteroatoms. The molecular weight excluding hydrogens is 288 g/mol. The Morgan fingerprint density at radius 3 is 2.78 bits per heavy atom. The number of amides is 1. The van der Waals surface area contributed by atoms with Gasteiger partial charge in [-0.15, -0.1) is 0 Å². The fourth-order valence-electron chi connectivity index (χ4n) is 3.11. The van der Waals surface area contributed by atoms with Crippen LogP contribution in [0.2, 0.25) is 0 Å². The molecule has 0 bridgehead atoms. The summed E-state index contributed by atoms with van der Waals surface area (Å²) in [5.74, 6) is 1.96. The summed E-state index contributed by atoms with van der Waals surface area (Å²) in [5.41, 5.74) is 1.21. The number of hydrogen-bond donors (Lipinski definition) is 1. The summed E-state index contributed by atoms with van der Waals surface area (Å²) < 4.78 is 5.72. The summed E-state index contributed by atoms with van der Waals surface area (Å²) in [6.45, 7) is 5.65. The Kier molecular flexibility index (Phi) is 7.40. The zero-order chi connectivity index (χ0) is 16.5. The number of unbranched alkanes of at least 4 members (excludes halogenated alkanes) is 1. The first-order chi connectivity index (χ1) is 11.2. The van der Waals surface area contributed by atoms with Crippen LogP contribution in [0.5, 0.6) is 5.75 Å². The summed E-state index contributed by atoms with van der Waals surface area (Å²) in [6, 6.07) is 8.09. The normalized spacial score (nSPS) is 15.7. The van der Waals surface area contributed by atoms with Crippen molar-refractivity contribution >= 4 is 5.91 Å². The van der Waals surface area contributed by atoms with E-state index in [4.69, 9.17) is 4.74 Å². The van der Waals surface area contributed by atoms with Gasteiger partial charge in [0.05, 0.1) is 6.61 Å². The number of piperidine rings is 1. The maximum atomic E-state index is 12.2. The highest BCUT2D eigenvalue weighted by Gasteiger charge is 2.21. The van der Waals surface area contributed by atoms with Gasteiger partial charge >= 0.3 is 0 Å². The highest BCUT2D eigenvalue weighted by molar-refractivity contribution is 5.76. The molecular formula is C19H30N2O2. The van der Waals surface area contributed by atoms with Crippen molar-refractivity contribution in [2.24, 2.45) is 5.92 Å². The summed E-state index contributed by atoms with van der Waals surface area (Å²) in [7, 11) is 2.00. The molecule has 0 aliphatic carbocycles. The topological polar surface area (TPSA) is 41.6 Å². The summed E-state index contributed by atoms with van der Waals surface area (Å²) in [6.07, 6.45) is 4.73. The van der Waals surface area contributed by atoms with Crippen LogP contribution in [0.1, 0.15) is 37.7 Å². The predicted molar refractivity (Wildman–Crippen MR) is 93.8 cm³/mol. The number of benzene rings is 1. The second-order valence-corrected chi connectivity index (χ2v) is 6.50. The van der Waals surface area contributed by atoms with Crippen LogP contribution in [0, 0.1) is 12.8 Å². The van der Waals surface area contributed by atoms with E-state index >= 15 is 0 Å². The minimum absolute atomic E-state index is 0.309. The average molecular weight is 318 g/mol. The second kappa shape index (κ2) is 9.56. The van der Waals surface area contributed by atoms with Crippen LogP contribution in [-0.4, -0.2) is 44.1 Å². The molecule has 0 spiro atoms. The molecule has 1 N–H and O–H groups in total. The van der Waals surface area contributed by atoms with E-state index in [1.807, 2.05) is 30.1 Å². The van der Waals surface area contributed by atoms with Crippen molar-refractivity contribution in [3.8, 4) is 5.75 Å². The molecule has 1 amide bonds. The smallest absolute Gasteiger partial charge is 0.222 e. The number of carbonyl (C=O) groups is 1. The van der Waals surface area contributed by atoms with Crippen LogP contribution in [0.3, 0.4) is 0 Å². The monoisotopic (exact) mass is 318 g/mol. The van der Waals surface area contributed by atoms with Crippen LogP contribution < -0.4 is 10.1 Å². The van der Waals surface area contributed by atoms with Crippen molar-refractivity contribution < 1.29 is 9.53 Å². The number of carbonyl (C=O) groups excluding carboxylic acids is 1. The molecule has 1 aromatic rings. The SMILES string of the molecule is CNCC1CCN(C(=O)CCCCOc2cccc(C)c2)CC1. The summed E-state index contributed by atoms with van der Waals surface area (Å²) in [4.78, 5) is 14.2. The number of ether oxygens (including phenoxy) is 1. The lowest BCUT2D eigenvalue weighted by atomic mass is 9.96. The van der Waals surface area contributed by atoms with Crippen molar-refractivity contribution in [3.63, 3.8) is 0 Å². The molecule has 1 saturated heterocycles. The Morgan fingerprint density at radius 1 is 1.30 bits per heavy atom. The molecule has 1 aliphatic rings. The van der Waals surface area contributed by atoms with E-state index in [2.05, 4.69) is 18.3 Å². The zero-order valence-electron chi connectivity index (χ0n) is 14.5. The van der Waals surface area contributed by atoms with Gasteiger partial charge in [-0.05, 0) is 69.8 Å². The number of rotatable bonds is 8. The van der Waals surface area contributed by atoms with Crippen LogP contribution in [0.15, 0.2) is 24.3 Å². The Hall–Kier alpha value is -1.55. The van der Waals surface area contributed by atoms with E-state index < -0.39 is 0 Å². The molecule has 1 aliphatic heterocycles. The minimum atomic E-state index is 0.309. The van der Waals surface area contributed by atoms with E-state index in [1.165, 1.54) is 5.56 Å².